The number of aliphatic hydroxyl groups is 1. The third kappa shape index (κ3) is 1.54. The summed E-state index contributed by atoms with van der Waals surface area (Å²) < 4.78 is 5.42. The Morgan fingerprint density at radius 3 is 2.85 bits per heavy atom. The molecule has 0 amide bonds. The first-order valence-electron chi connectivity index (χ1n) is 4.56. The zero-order valence-corrected chi connectivity index (χ0v) is 8.00. The maximum absolute atomic E-state index is 9.76. The van der Waals surface area contributed by atoms with Gasteiger partial charge in [-0.15, -0.1) is 0 Å². The minimum atomic E-state index is -0.777. The lowest BCUT2D eigenvalue weighted by Gasteiger charge is -2.18. The van der Waals surface area contributed by atoms with E-state index in [9.17, 15) is 5.11 Å². The van der Waals surface area contributed by atoms with Gasteiger partial charge < -0.3 is 9.84 Å². The molecule has 0 saturated carbocycles. The predicted molar refractivity (Wildman–Crippen MR) is 50.9 cm³/mol. The molecule has 0 aliphatic carbocycles. The van der Waals surface area contributed by atoms with Crippen molar-refractivity contribution >= 4 is 0 Å². The molecule has 2 rings (SSSR count). The van der Waals surface area contributed by atoms with Gasteiger partial charge in [-0.1, -0.05) is 12.1 Å². The molecule has 1 aliphatic rings. The highest BCUT2D eigenvalue weighted by molar-refractivity contribution is 5.41. The summed E-state index contributed by atoms with van der Waals surface area (Å²) in [7, 11) is 0. The summed E-state index contributed by atoms with van der Waals surface area (Å²) >= 11 is 0. The van der Waals surface area contributed by atoms with Crippen LogP contribution in [0, 0.1) is 0 Å². The standard InChI is InChI=1S/C11H14O2/c1-11(2,12)9-4-3-8-5-6-13-10(8)7-9/h3-4,7,12H,5-6H2,1-2H3. The van der Waals surface area contributed by atoms with Crippen LogP contribution in [0.2, 0.25) is 0 Å². The van der Waals surface area contributed by atoms with E-state index in [0.29, 0.717) is 0 Å². The molecular weight excluding hydrogens is 164 g/mol. The first kappa shape index (κ1) is 8.57. The average Bonchev–Trinajstić information content (AvgIpc) is 2.47. The molecule has 2 nitrogen and oxygen atoms in total. The van der Waals surface area contributed by atoms with Gasteiger partial charge in [0.25, 0.3) is 0 Å². The summed E-state index contributed by atoms with van der Waals surface area (Å²) in [5, 5.41) is 9.76. The van der Waals surface area contributed by atoms with Crippen molar-refractivity contribution in [3.63, 3.8) is 0 Å². The summed E-state index contributed by atoms with van der Waals surface area (Å²) in [4.78, 5) is 0. The van der Waals surface area contributed by atoms with Crippen LogP contribution in [-0.4, -0.2) is 11.7 Å². The third-order valence-corrected chi connectivity index (χ3v) is 2.40. The maximum Gasteiger partial charge on any atom is 0.123 e. The lowest BCUT2D eigenvalue weighted by atomic mass is 9.97. The van der Waals surface area contributed by atoms with Crippen molar-refractivity contribution in [2.24, 2.45) is 0 Å². The smallest absolute Gasteiger partial charge is 0.123 e. The lowest BCUT2D eigenvalue weighted by molar-refractivity contribution is 0.0783. The van der Waals surface area contributed by atoms with Gasteiger partial charge in [0.1, 0.15) is 5.75 Å². The van der Waals surface area contributed by atoms with E-state index in [4.69, 9.17) is 4.74 Å². The van der Waals surface area contributed by atoms with Crippen LogP contribution in [0.15, 0.2) is 18.2 Å². The number of hydrogen-bond acceptors (Lipinski definition) is 2. The molecular formula is C11H14O2. The minimum Gasteiger partial charge on any atom is -0.493 e. The molecule has 1 N–H and O–H groups in total. The van der Waals surface area contributed by atoms with Gasteiger partial charge in [-0.2, -0.15) is 0 Å². The second-order valence-electron chi connectivity index (χ2n) is 3.98. The molecule has 0 radical (unpaired) electrons. The van der Waals surface area contributed by atoms with Gasteiger partial charge >= 0.3 is 0 Å². The van der Waals surface area contributed by atoms with Crippen molar-refractivity contribution < 1.29 is 9.84 Å². The SMILES string of the molecule is CC(C)(O)c1ccc2c(c1)OCC2. The van der Waals surface area contributed by atoms with E-state index in [1.165, 1.54) is 5.56 Å². The van der Waals surface area contributed by atoms with Gasteiger partial charge in [-0.3, -0.25) is 0 Å². The van der Waals surface area contributed by atoms with Crippen molar-refractivity contribution in [1.82, 2.24) is 0 Å². The third-order valence-electron chi connectivity index (χ3n) is 2.40. The van der Waals surface area contributed by atoms with Gasteiger partial charge in [0.15, 0.2) is 0 Å². The van der Waals surface area contributed by atoms with E-state index < -0.39 is 5.60 Å². The second-order valence-corrected chi connectivity index (χ2v) is 3.98. The van der Waals surface area contributed by atoms with Gasteiger partial charge in [-0.25, -0.2) is 0 Å². The Balaban J connectivity index is 2.42. The summed E-state index contributed by atoms with van der Waals surface area (Å²) in [5.41, 5.74) is 1.38. The Hall–Kier alpha value is -1.02. The van der Waals surface area contributed by atoms with Crippen LogP contribution in [0.25, 0.3) is 0 Å². The van der Waals surface area contributed by atoms with Crippen LogP contribution < -0.4 is 4.74 Å². The Kier molecular flexibility index (Phi) is 1.81. The minimum absolute atomic E-state index is 0.768. The molecule has 1 aliphatic heterocycles. The van der Waals surface area contributed by atoms with E-state index >= 15 is 0 Å². The number of benzene rings is 1. The van der Waals surface area contributed by atoms with Crippen LogP contribution in [0.3, 0.4) is 0 Å². The van der Waals surface area contributed by atoms with Crippen LogP contribution in [0.4, 0.5) is 0 Å². The molecule has 2 heteroatoms. The summed E-state index contributed by atoms with van der Waals surface area (Å²) in [6, 6.07) is 5.94. The van der Waals surface area contributed by atoms with E-state index in [-0.39, 0.29) is 0 Å². The molecule has 0 bridgehead atoms. The quantitative estimate of drug-likeness (QED) is 0.711. The van der Waals surface area contributed by atoms with Crippen molar-refractivity contribution in [3.8, 4) is 5.75 Å². The number of fused-ring (bicyclic) bond motifs is 1. The molecule has 1 aromatic carbocycles. The Labute approximate surface area is 78.2 Å². The van der Waals surface area contributed by atoms with E-state index in [2.05, 4.69) is 0 Å². The fourth-order valence-corrected chi connectivity index (χ4v) is 1.55. The van der Waals surface area contributed by atoms with Crippen molar-refractivity contribution in [2.75, 3.05) is 6.61 Å². The highest BCUT2D eigenvalue weighted by Gasteiger charge is 2.19. The van der Waals surface area contributed by atoms with E-state index in [1.807, 2.05) is 18.2 Å². The first-order chi connectivity index (χ1) is 6.07. The molecule has 1 aromatic rings. The molecule has 0 atom stereocenters. The fourth-order valence-electron chi connectivity index (χ4n) is 1.55. The molecule has 0 unspecified atom stereocenters. The van der Waals surface area contributed by atoms with Gasteiger partial charge in [0.2, 0.25) is 0 Å². The van der Waals surface area contributed by atoms with E-state index in [0.717, 1.165) is 24.3 Å². The summed E-state index contributed by atoms with van der Waals surface area (Å²) in [5.74, 6) is 0.930. The predicted octanol–water partition coefficient (Wildman–Crippen LogP) is 1.85. The normalized spacial score (nSPS) is 15.3. The van der Waals surface area contributed by atoms with E-state index in [1.54, 1.807) is 13.8 Å². The summed E-state index contributed by atoms with van der Waals surface area (Å²) in [6.07, 6.45) is 0.988. The first-order valence-corrected chi connectivity index (χ1v) is 4.56. The van der Waals surface area contributed by atoms with Crippen LogP contribution in [-0.2, 0) is 12.0 Å². The molecule has 1 heterocycles. The Morgan fingerprint density at radius 2 is 2.15 bits per heavy atom. The Bertz CT molecular complexity index is 323. The zero-order chi connectivity index (χ0) is 9.47. The summed E-state index contributed by atoms with van der Waals surface area (Å²) in [6.45, 7) is 4.33. The number of rotatable bonds is 1. The van der Waals surface area contributed by atoms with Crippen molar-refractivity contribution in [2.45, 2.75) is 25.9 Å². The van der Waals surface area contributed by atoms with Gasteiger partial charge in [-0.05, 0) is 31.0 Å². The molecule has 0 fully saturated rings. The molecule has 13 heavy (non-hydrogen) atoms. The van der Waals surface area contributed by atoms with Crippen LogP contribution in [0.1, 0.15) is 25.0 Å². The Morgan fingerprint density at radius 1 is 1.38 bits per heavy atom. The van der Waals surface area contributed by atoms with Crippen LogP contribution in [0.5, 0.6) is 5.75 Å². The van der Waals surface area contributed by atoms with Gasteiger partial charge in [0.05, 0.1) is 12.2 Å². The zero-order valence-electron chi connectivity index (χ0n) is 8.00. The van der Waals surface area contributed by atoms with Crippen molar-refractivity contribution in [1.29, 1.82) is 0 Å². The largest absolute Gasteiger partial charge is 0.493 e. The monoisotopic (exact) mass is 178 g/mol. The number of hydrogen-bond donors (Lipinski definition) is 1. The highest BCUT2D eigenvalue weighted by atomic mass is 16.5. The maximum atomic E-state index is 9.76. The average molecular weight is 178 g/mol. The highest BCUT2D eigenvalue weighted by Crippen LogP contribution is 2.30. The fraction of sp³-hybridized carbons (Fsp3) is 0.455. The molecule has 0 spiro atoms. The second kappa shape index (κ2) is 2.74. The topological polar surface area (TPSA) is 29.5 Å². The molecule has 0 saturated heterocycles. The number of ether oxygens (including phenoxy) is 1. The van der Waals surface area contributed by atoms with Crippen molar-refractivity contribution in [3.05, 3.63) is 29.3 Å². The van der Waals surface area contributed by atoms with Crippen LogP contribution >= 0.6 is 0 Å². The molecule has 0 aromatic heterocycles. The van der Waals surface area contributed by atoms with Gasteiger partial charge in [0, 0.05) is 6.42 Å². The molecule has 70 valence electrons. The lowest BCUT2D eigenvalue weighted by Crippen LogP contribution is -2.15.